The van der Waals surface area contributed by atoms with Gasteiger partial charge in [0.25, 0.3) is 0 Å². The maximum absolute atomic E-state index is 12.1. The summed E-state index contributed by atoms with van der Waals surface area (Å²) in [6.45, 7) is 1.55. The van der Waals surface area contributed by atoms with Crippen molar-refractivity contribution in [1.29, 1.82) is 0 Å². The van der Waals surface area contributed by atoms with Crippen LogP contribution >= 0.6 is 0 Å². The molecule has 160 valence electrons. The van der Waals surface area contributed by atoms with Crippen LogP contribution < -0.4 is 9.47 Å². The maximum atomic E-state index is 12.1. The Morgan fingerprint density at radius 3 is 2.37 bits per heavy atom. The third kappa shape index (κ3) is 6.72. The molecular weight excluding hydrogens is 388 g/mol. The van der Waals surface area contributed by atoms with Crippen molar-refractivity contribution >= 4 is 17.8 Å². The van der Waals surface area contributed by atoms with Gasteiger partial charge in [-0.05, 0) is 41.8 Å². The Morgan fingerprint density at radius 1 is 0.967 bits per heavy atom. The van der Waals surface area contributed by atoms with E-state index in [0.29, 0.717) is 22.6 Å². The molecule has 2 aromatic rings. The number of carbonyl (C=O) groups excluding carboxylic acids is 2. The number of hydrogen-bond acceptors (Lipinski definition) is 7. The Bertz CT molecular complexity index is 902. The SMILES string of the molecule is COCOc1cc(CC(=O)OC)c(-c2cccc(/C=C/C(C)=O)c2)c(OCOC)c1. The molecule has 30 heavy (non-hydrogen) atoms. The van der Waals surface area contributed by atoms with Gasteiger partial charge in [0.1, 0.15) is 11.5 Å². The number of methoxy groups -OCH3 is 3. The summed E-state index contributed by atoms with van der Waals surface area (Å²) in [6.07, 6.45) is 3.25. The van der Waals surface area contributed by atoms with Crippen LogP contribution in [-0.4, -0.2) is 46.7 Å². The number of carbonyl (C=O) groups is 2. The highest BCUT2D eigenvalue weighted by atomic mass is 16.7. The minimum atomic E-state index is -0.398. The highest BCUT2D eigenvalue weighted by Gasteiger charge is 2.18. The molecule has 0 fully saturated rings. The smallest absolute Gasteiger partial charge is 0.310 e. The quantitative estimate of drug-likeness (QED) is 0.315. The van der Waals surface area contributed by atoms with Gasteiger partial charge in [-0.1, -0.05) is 24.3 Å². The zero-order chi connectivity index (χ0) is 21.9. The largest absolute Gasteiger partial charge is 0.469 e. The second-order valence-electron chi connectivity index (χ2n) is 6.38. The average molecular weight is 414 g/mol. The predicted octanol–water partition coefficient (Wildman–Crippen LogP) is 3.64. The summed E-state index contributed by atoms with van der Waals surface area (Å²) in [6, 6.07) is 11.0. The molecule has 0 aliphatic carbocycles. The van der Waals surface area contributed by atoms with Crippen LogP contribution in [0.15, 0.2) is 42.5 Å². The first-order valence-electron chi connectivity index (χ1n) is 9.24. The number of rotatable bonds is 11. The number of benzene rings is 2. The number of ether oxygens (including phenoxy) is 5. The summed E-state index contributed by atoms with van der Waals surface area (Å²) in [5.74, 6) is 0.524. The lowest BCUT2D eigenvalue weighted by molar-refractivity contribution is -0.139. The molecule has 2 rings (SSSR count). The molecule has 7 heteroatoms. The van der Waals surface area contributed by atoms with Crippen LogP contribution in [0.5, 0.6) is 11.5 Å². The fourth-order valence-corrected chi connectivity index (χ4v) is 2.80. The topological polar surface area (TPSA) is 80.3 Å². The van der Waals surface area contributed by atoms with E-state index in [0.717, 1.165) is 11.1 Å². The molecule has 0 N–H and O–H groups in total. The summed E-state index contributed by atoms with van der Waals surface area (Å²) in [5.41, 5.74) is 3.02. The summed E-state index contributed by atoms with van der Waals surface area (Å²) in [7, 11) is 4.38. The van der Waals surface area contributed by atoms with Crippen molar-refractivity contribution in [2.45, 2.75) is 13.3 Å². The van der Waals surface area contributed by atoms with Crippen molar-refractivity contribution in [3.05, 3.63) is 53.6 Å². The minimum absolute atomic E-state index is 0.0162. The van der Waals surface area contributed by atoms with Gasteiger partial charge in [0.2, 0.25) is 0 Å². The van der Waals surface area contributed by atoms with E-state index < -0.39 is 5.97 Å². The number of hydrogen-bond donors (Lipinski definition) is 0. The number of esters is 1. The van der Waals surface area contributed by atoms with Gasteiger partial charge in [-0.2, -0.15) is 0 Å². The third-order valence-electron chi connectivity index (χ3n) is 4.08. The Hall–Kier alpha value is -3.16. The standard InChI is InChI=1S/C23H26O7/c1-16(24)8-9-17-6-5-7-18(10-17)23-19(12-22(25)28-4)11-20(29-14-26-2)13-21(23)30-15-27-3/h5-11,13H,12,14-15H2,1-4H3/b9-8+. The normalized spacial score (nSPS) is 10.8. The lowest BCUT2D eigenvalue weighted by Gasteiger charge is -2.18. The van der Waals surface area contributed by atoms with Crippen LogP contribution in [-0.2, 0) is 30.2 Å². The van der Waals surface area contributed by atoms with Gasteiger partial charge in [0.05, 0.1) is 13.5 Å². The van der Waals surface area contributed by atoms with E-state index in [-0.39, 0.29) is 25.8 Å². The van der Waals surface area contributed by atoms with E-state index >= 15 is 0 Å². The Morgan fingerprint density at radius 2 is 1.70 bits per heavy atom. The van der Waals surface area contributed by atoms with Crippen LogP contribution in [0.4, 0.5) is 0 Å². The minimum Gasteiger partial charge on any atom is -0.469 e. The maximum Gasteiger partial charge on any atom is 0.310 e. The fraction of sp³-hybridized carbons (Fsp3) is 0.304. The first kappa shape index (κ1) is 23.1. The van der Waals surface area contributed by atoms with Gasteiger partial charge >= 0.3 is 5.97 Å². The molecule has 0 aliphatic rings. The van der Waals surface area contributed by atoms with Crippen LogP contribution in [0.3, 0.4) is 0 Å². The number of allylic oxidation sites excluding steroid dienone is 1. The summed E-state index contributed by atoms with van der Waals surface area (Å²) >= 11 is 0. The molecule has 0 aliphatic heterocycles. The summed E-state index contributed by atoms with van der Waals surface area (Å²) < 4.78 is 26.2. The van der Waals surface area contributed by atoms with Crippen LogP contribution in [0, 0.1) is 0 Å². The average Bonchev–Trinajstić information content (AvgIpc) is 2.74. The first-order chi connectivity index (χ1) is 14.5. The molecule has 0 spiro atoms. The highest BCUT2D eigenvalue weighted by Crippen LogP contribution is 2.38. The summed E-state index contributed by atoms with van der Waals surface area (Å²) in [4.78, 5) is 23.3. The molecule has 0 bridgehead atoms. The van der Waals surface area contributed by atoms with Crippen LogP contribution in [0.2, 0.25) is 0 Å². The lowest BCUT2D eigenvalue weighted by Crippen LogP contribution is -2.09. The molecule has 0 radical (unpaired) electrons. The molecule has 2 aromatic carbocycles. The molecule has 0 saturated heterocycles. The van der Waals surface area contributed by atoms with E-state index in [4.69, 9.17) is 23.7 Å². The van der Waals surface area contributed by atoms with E-state index in [2.05, 4.69) is 0 Å². The van der Waals surface area contributed by atoms with Crippen molar-refractivity contribution in [2.24, 2.45) is 0 Å². The Labute approximate surface area is 176 Å². The number of ketones is 1. The van der Waals surface area contributed by atoms with E-state index in [1.165, 1.54) is 34.3 Å². The van der Waals surface area contributed by atoms with Gasteiger partial charge in [0, 0.05) is 25.8 Å². The zero-order valence-electron chi connectivity index (χ0n) is 17.6. The van der Waals surface area contributed by atoms with Crippen molar-refractivity contribution in [3.63, 3.8) is 0 Å². The zero-order valence-corrected chi connectivity index (χ0v) is 17.6. The van der Waals surface area contributed by atoms with E-state index in [1.54, 1.807) is 18.2 Å². The Kier molecular flexibility index (Phi) is 9.05. The van der Waals surface area contributed by atoms with Crippen molar-refractivity contribution < 1.29 is 33.3 Å². The Balaban J connectivity index is 2.62. The molecule has 0 heterocycles. The monoisotopic (exact) mass is 414 g/mol. The molecular formula is C23H26O7. The van der Waals surface area contributed by atoms with Gasteiger partial charge in [-0.25, -0.2) is 0 Å². The molecule has 0 unspecified atom stereocenters. The van der Waals surface area contributed by atoms with Crippen LogP contribution in [0.1, 0.15) is 18.1 Å². The van der Waals surface area contributed by atoms with E-state index in [1.807, 2.05) is 24.3 Å². The van der Waals surface area contributed by atoms with Gasteiger partial charge in [-0.3, -0.25) is 9.59 Å². The highest BCUT2D eigenvalue weighted by molar-refractivity contribution is 5.92. The summed E-state index contributed by atoms with van der Waals surface area (Å²) in [5, 5.41) is 0. The molecule has 0 aromatic heterocycles. The van der Waals surface area contributed by atoms with E-state index in [9.17, 15) is 9.59 Å². The predicted molar refractivity (Wildman–Crippen MR) is 112 cm³/mol. The van der Waals surface area contributed by atoms with Crippen molar-refractivity contribution in [3.8, 4) is 22.6 Å². The van der Waals surface area contributed by atoms with Gasteiger partial charge < -0.3 is 23.7 Å². The first-order valence-corrected chi connectivity index (χ1v) is 9.24. The third-order valence-corrected chi connectivity index (χ3v) is 4.08. The molecule has 0 amide bonds. The second kappa shape index (κ2) is 11.7. The van der Waals surface area contributed by atoms with Crippen molar-refractivity contribution in [1.82, 2.24) is 0 Å². The van der Waals surface area contributed by atoms with Crippen molar-refractivity contribution in [2.75, 3.05) is 34.9 Å². The van der Waals surface area contributed by atoms with Crippen LogP contribution in [0.25, 0.3) is 17.2 Å². The molecule has 0 atom stereocenters. The molecule has 0 saturated carbocycles. The van der Waals surface area contributed by atoms with Gasteiger partial charge in [0.15, 0.2) is 19.4 Å². The molecule has 7 nitrogen and oxygen atoms in total. The fourth-order valence-electron chi connectivity index (χ4n) is 2.80. The van der Waals surface area contributed by atoms with Gasteiger partial charge in [-0.15, -0.1) is 0 Å². The second-order valence-corrected chi connectivity index (χ2v) is 6.38. The lowest BCUT2D eigenvalue weighted by atomic mass is 9.94.